The summed E-state index contributed by atoms with van der Waals surface area (Å²) in [5, 5.41) is 10.3. The Labute approximate surface area is 103 Å². The van der Waals surface area contributed by atoms with Gasteiger partial charge in [0.2, 0.25) is 0 Å². The fourth-order valence-electron chi connectivity index (χ4n) is 2.59. The molecule has 2 atom stereocenters. The summed E-state index contributed by atoms with van der Waals surface area (Å²) in [6, 6.07) is 0. The van der Waals surface area contributed by atoms with Crippen LogP contribution in [0.2, 0.25) is 0 Å². The van der Waals surface area contributed by atoms with Gasteiger partial charge in [0.1, 0.15) is 0 Å². The van der Waals surface area contributed by atoms with Crippen molar-refractivity contribution in [2.75, 3.05) is 45.2 Å². The topological polar surface area (TPSA) is 32.7 Å². The highest BCUT2D eigenvalue weighted by atomic mass is 32.2. The van der Waals surface area contributed by atoms with Crippen molar-refractivity contribution in [3.8, 4) is 0 Å². The second kappa shape index (κ2) is 5.71. The Morgan fingerprint density at radius 2 is 2.44 bits per heavy atom. The van der Waals surface area contributed by atoms with Gasteiger partial charge in [0, 0.05) is 42.7 Å². The second-order valence-electron chi connectivity index (χ2n) is 5.10. The summed E-state index contributed by atoms with van der Waals surface area (Å²) in [5.74, 6) is 1.24. The molecule has 0 amide bonds. The molecular formula is C12H23NO2S. The molecule has 0 aliphatic carbocycles. The normalized spacial score (nSPS) is 36.8. The fourth-order valence-corrected chi connectivity index (χ4v) is 3.84. The van der Waals surface area contributed by atoms with Crippen molar-refractivity contribution in [3.05, 3.63) is 0 Å². The summed E-state index contributed by atoms with van der Waals surface area (Å²) in [7, 11) is 0. The average molecular weight is 245 g/mol. The van der Waals surface area contributed by atoms with Gasteiger partial charge >= 0.3 is 0 Å². The first-order chi connectivity index (χ1) is 7.78. The van der Waals surface area contributed by atoms with E-state index in [4.69, 9.17) is 4.74 Å². The third-order valence-corrected chi connectivity index (χ3v) is 5.13. The van der Waals surface area contributed by atoms with Crippen LogP contribution in [0.4, 0.5) is 0 Å². The molecule has 94 valence electrons. The van der Waals surface area contributed by atoms with Gasteiger partial charge in [-0.3, -0.25) is 0 Å². The predicted octanol–water partition coefficient (Wildman–Crippen LogP) is 1.21. The molecule has 2 unspecified atom stereocenters. The molecule has 0 aromatic rings. The number of thioether (sulfide) groups is 1. The van der Waals surface area contributed by atoms with Gasteiger partial charge in [0.05, 0.1) is 13.2 Å². The summed E-state index contributed by atoms with van der Waals surface area (Å²) in [6.07, 6.45) is 2.27. The summed E-state index contributed by atoms with van der Waals surface area (Å²) < 4.78 is 5.45. The summed E-state index contributed by atoms with van der Waals surface area (Å²) >= 11 is 2.10. The van der Waals surface area contributed by atoms with Crippen LogP contribution in [0, 0.1) is 5.41 Å². The third-order valence-electron chi connectivity index (χ3n) is 3.76. The summed E-state index contributed by atoms with van der Waals surface area (Å²) in [5.41, 5.74) is 0.0281. The average Bonchev–Trinajstić information content (AvgIpc) is 2.78. The lowest BCUT2D eigenvalue weighted by molar-refractivity contribution is 0.0576. The van der Waals surface area contributed by atoms with E-state index in [2.05, 4.69) is 23.6 Å². The first-order valence-electron chi connectivity index (χ1n) is 6.30. The second-order valence-corrected chi connectivity index (χ2v) is 6.51. The van der Waals surface area contributed by atoms with Gasteiger partial charge in [-0.05, 0) is 12.8 Å². The van der Waals surface area contributed by atoms with E-state index in [0.29, 0.717) is 0 Å². The standard InChI is InChI=1S/C12H23NO2S/c1-2-11-7-13(4-6-16-11)8-12(9-14)3-5-15-10-12/h11,14H,2-10H2,1H3. The maximum atomic E-state index is 9.56. The maximum Gasteiger partial charge on any atom is 0.0557 e. The molecule has 3 nitrogen and oxygen atoms in total. The minimum absolute atomic E-state index is 0.0281. The minimum Gasteiger partial charge on any atom is -0.396 e. The first kappa shape index (κ1) is 12.7. The van der Waals surface area contributed by atoms with Gasteiger partial charge in [-0.15, -0.1) is 0 Å². The Morgan fingerprint density at radius 1 is 1.56 bits per heavy atom. The SMILES string of the molecule is CCC1CN(CC2(CO)CCOC2)CCS1. The van der Waals surface area contributed by atoms with Crippen molar-refractivity contribution in [2.45, 2.75) is 25.0 Å². The van der Waals surface area contributed by atoms with Crippen LogP contribution in [0.15, 0.2) is 0 Å². The van der Waals surface area contributed by atoms with Crippen LogP contribution in [-0.4, -0.2) is 60.5 Å². The number of hydrogen-bond acceptors (Lipinski definition) is 4. The molecule has 0 saturated carbocycles. The molecule has 0 spiro atoms. The van der Waals surface area contributed by atoms with Crippen molar-refractivity contribution < 1.29 is 9.84 Å². The monoisotopic (exact) mass is 245 g/mol. The first-order valence-corrected chi connectivity index (χ1v) is 7.35. The Kier molecular flexibility index (Phi) is 4.53. The maximum absolute atomic E-state index is 9.56. The van der Waals surface area contributed by atoms with E-state index in [9.17, 15) is 5.11 Å². The van der Waals surface area contributed by atoms with Crippen LogP contribution in [0.25, 0.3) is 0 Å². The van der Waals surface area contributed by atoms with E-state index < -0.39 is 0 Å². The Balaban J connectivity index is 1.87. The van der Waals surface area contributed by atoms with E-state index in [1.165, 1.54) is 25.3 Å². The van der Waals surface area contributed by atoms with E-state index in [1.807, 2.05) is 0 Å². The third kappa shape index (κ3) is 2.92. The van der Waals surface area contributed by atoms with Gasteiger partial charge in [-0.2, -0.15) is 11.8 Å². The van der Waals surface area contributed by atoms with Crippen LogP contribution >= 0.6 is 11.8 Å². The van der Waals surface area contributed by atoms with Gasteiger partial charge in [0.15, 0.2) is 0 Å². The number of rotatable bonds is 4. The highest BCUT2D eigenvalue weighted by Gasteiger charge is 2.37. The molecule has 2 saturated heterocycles. The highest BCUT2D eigenvalue weighted by molar-refractivity contribution is 8.00. The molecule has 2 rings (SSSR count). The zero-order chi connectivity index (χ0) is 11.4. The zero-order valence-corrected chi connectivity index (χ0v) is 11.0. The number of ether oxygens (including phenoxy) is 1. The molecule has 2 aliphatic heterocycles. The predicted molar refractivity (Wildman–Crippen MR) is 67.9 cm³/mol. The van der Waals surface area contributed by atoms with Crippen LogP contribution < -0.4 is 0 Å². The van der Waals surface area contributed by atoms with Crippen LogP contribution in [0.1, 0.15) is 19.8 Å². The van der Waals surface area contributed by atoms with Crippen LogP contribution in [0.3, 0.4) is 0 Å². The number of aliphatic hydroxyl groups excluding tert-OH is 1. The van der Waals surface area contributed by atoms with E-state index in [1.54, 1.807) is 0 Å². The number of hydrogen-bond donors (Lipinski definition) is 1. The highest BCUT2D eigenvalue weighted by Crippen LogP contribution is 2.31. The molecule has 2 heterocycles. The van der Waals surface area contributed by atoms with Gasteiger partial charge in [-0.25, -0.2) is 0 Å². The van der Waals surface area contributed by atoms with Crippen molar-refractivity contribution in [3.63, 3.8) is 0 Å². The fraction of sp³-hybridized carbons (Fsp3) is 1.00. The quantitative estimate of drug-likeness (QED) is 0.807. The molecule has 2 fully saturated rings. The van der Waals surface area contributed by atoms with Gasteiger partial charge in [0.25, 0.3) is 0 Å². The van der Waals surface area contributed by atoms with Crippen molar-refractivity contribution in [1.82, 2.24) is 4.90 Å². The molecule has 4 heteroatoms. The molecule has 0 radical (unpaired) electrons. The zero-order valence-electron chi connectivity index (χ0n) is 10.2. The molecule has 0 bridgehead atoms. The number of nitrogens with zero attached hydrogens (tertiary/aromatic N) is 1. The Morgan fingerprint density at radius 3 is 3.06 bits per heavy atom. The lowest BCUT2D eigenvalue weighted by atomic mass is 9.87. The molecule has 0 aromatic heterocycles. The summed E-state index contributed by atoms with van der Waals surface area (Å²) in [4.78, 5) is 2.52. The van der Waals surface area contributed by atoms with Gasteiger partial charge in [-0.1, -0.05) is 6.92 Å². The summed E-state index contributed by atoms with van der Waals surface area (Å²) in [6.45, 7) is 7.46. The van der Waals surface area contributed by atoms with Crippen LogP contribution in [-0.2, 0) is 4.74 Å². The van der Waals surface area contributed by atoms with Gasteiger partial charge < -0.3 is 14.7 Å². The molecule has 2 aliphatic rings. The molecule has 16 heavy (non-hydrogen) atoms. The van der Waals surface area contributed by atoms with Crippen LogP contribution in [0.5, 0.6) is 0 Å². The smallest absolute Gasteiger partial charge is 0.0557 e. The largest absolute Gasteiger partial charge is 0.396 e. The molecule has 1 N–H and O–H groups in total. The number of aliphatic hydroxyl groups is 1. The molecule has 0 aromatic carbocycles. The molecular weight excluding hydrogens is 222 g/mol. The van der Waals surface area contributed by atoms with E-state index in [-0.39, 0.29) is 12.0 Å². The Hall–Kier alpha value is 0.230. The van der Waals surface area contributed by atoms with E-state index in [0.717, 1.165) is 31.4 Å². The van der Waals surface area contributed by atoms with Crippen molar-refractivity contribution in [1.29, 1.82) is 0 Å². The van der Waals surface area contributed by atoms with Crippen molar-refractivity contribution >= 4 is 11.8 Å². The van der Waals surface area contributed by atoms with Crippen molar-refractivity contribution in [2.24, 2.45) is 5.41 Å². The lowest BCUT2D eigenvalue weighted by Crippen LogP contribution is -2.46. The lowest BCUT2D eigenvalue weighted by Gasteiger charge is -2.37. The minimum atomic E-state index is 0.0281. The Bertz CT molecular complexity index is 219. The van der Waals surface area contributed by atoms with E-state index >= 15 is 0 Å².